The van der Waals surface area contributed by atoms with Crippen molar-refractivity contribution in [2.45, 2.75) is 180 Å². The van der Waals surface area contributed by atoms with Crippen LogP contribution in [0, 0.1) is 11.8 Å². The quantitative estimate of drug-likeness (QED) is 0.0468. The van der Waals surface area contributed by atoms with Gasteiger partial charge in [-0.1, -0.05) is 34.1 Å². The van der Waals surface area contributed by atoms with Crippen molar-refractivity contribution in [2.24, 2.45) is 11.8 Å². The van der Waals surface area contributed by atoms with E-state index in [0.29, 0.717) is 12.8 Å². The van der Waals surface area contributed by atoms with Crippen molar-refractivity contribution in [3.8, 4) is 0 Å². The second kappa shape index (κ2) is 24.9. The van der Waals surface area contributed by atoms with Crippen molar-refractivity contribution in [1.82, 2.24) is 5.32 Å². The van der Waals surface area contributed by atoms with Crippen LogP contribution in [0.25, 0.3) is 0 Å². The highest BCUT2D eigenvalue weighted by molar-refractivity contribution is 5.66. The first-order valence-electron chi connectivity index (χ1n) is 19.0. The van der Waals surface area contributed by atoms with E-state index >= 15 is 0 Å². The Morgan fingerprint density at radius 3 is 2.11 bits per heavy atom. The molecule has 3 unspecified atom stereocenters. The third-order valence-electron chi connectivity index (χ3n) is 9.65. The zero-order valence-corrected chi connectivity index (χ0v) is 33.8. The molecule has 1 saturated heterocycles. The molecule has 16 nitrogen and oxygen atoms in total. The van der Waals surface area contributed by atoms with Crippen molar-refractivity contribution in [2.75, 3.05) is 34.0 Å². The minimum absolute atomic E-state index is 0.0140. The number of hydrogen-bond acceptors (Lipinski definition) is 16. The molecule has 1 rings (SSSR count). The first-order valence-corrected chi connectivity index (χ1v) is 19.0. The van der Waals surface area contributed by atoms with Crippen LogP contribution in [0.4, 0.5) is 0 Å². The first-order chi connectivity index (χ1) is 24.8. The summed E-state index contributed by atoms with van der Waals surface area (Å²) < 4.78 is 46.6. The van der Waals surface area contributed by atoms with Crippen LogP contribution in [-0.4, -0.2) is 151 Å². The predicted molar refractivity (Wildman–Crippen MR) is 193 cm³/mol. The number of aliphatic hydroxyl groups is 5. The zero-order chi connectivity index (χ0) is 40.5. The summed E-state index contributed by atoms with van der Waals surface area (Å²) in [6.07, 6.45) is -8.63. The summed E-state index contributed by atoms with van der Waals surface area (Å²) in [7, 11) is 3.16. The third kappa shape index (κ3) is 16.6. The molecule has 0 radical (unpaired) electrons. The Hall–Kier alpha value is -1.54. The lowest BCUT2D eigenvalue weighted by molar-refractivity contribution is -0.255. The van der Waals surface area contributed by atoms with Crippen molar-refractivity contribution >= 4 is 11.9 Å². The summed E-state index contributed by atoms with van der Waals surface area (Å²) in [5.41, 5.74) is -1.56. The van der Waals surface area contributed by atoms with Crippen molar-refractivity contribution in [3.05, 3.63) is 0 Å². The number of methoxy groups -OCH3 is 1. The molecule has 314 valence electrons. The average molecular weight is 770 g/mol. The molecule has 0 aromatic heterocycles. The highest BCUT2D eigenvalue weighted by Gasteiger charge is 2.47. The van der Waals surface area contributed by atoms with Gasteiger partial charge in [-0.05, 0) is 53.5 Å². The van der Waals surface area contributed by atoms with Gasteiger partial charge in [-0.15, -0.1) is 0 Å². The van der Waals surface area contributed by atoms with Crippen LogP contribution < -0.4 is 5.32 Å². The number of carbonyl (C=O) groups excluding carboxylic acids is 2. The molecular weight excluding hydrogens is 698 g/mol. The number of hydrogen-bond donors (Lipinski definition) is 6. The Balaban J connectivity index is 3.29. The average Bonchev–Trinajstić information content (AvgIpc) is 3.12. The lowest BCUT2D eigenvalue weighted by Crippen LogP contribution is -2.54. The molecule has 0 aromatic rings. The largest absolute Gasteiger partial charge is 0.457 e. The molecular formula is C37H71NO15. The molecule has 1 heterocycles. The normalized spacial score (nSPS) is 28.5. The van der Waals surface area contributed by atoms with E-state index in [2.05, 4.69) is 5.32 Å². The van der Waals surface area contributed by atoms with Gasteiger partial charge in [-0.3, -0.25) is 9.59 Å². The van der Waals surface area contributed by atoms with E-state index in [1.165, 1.54) is 34.8 Å². The van der Waals surface area contributed by atoms with Gasteiger partial charge in [-0.2, -0.15) is 0 Å². The van der Waals surface area contributed by atoms with Crippen molar-refractivity contribution < 1.29 is 73.0 Å². The molecule has 0 bridgehead atoms. The van der Waals surface area contributed by atoms with Crippen molar-refractivity contribution in [3.63, 3.8) is 0 Å². The number of nitrogens with one attached hydrogen (secondary N) is 1. The molecule has 0 aliphatic carbocycles. The van der Waals surface area contributed by atoms with Crippen molar-refractivity contribution in [1.29, 1.82) is 0 Å². The van der Waals surface area contributed by atoms with E-state index in [0.717, 1.165) is 6.42 Å². The molecule has 0 aromatic carbocycles. The number of carbonyl (C=O) groups is 2. The first kappa shape index (κ1) is 49.5. The van der Waals surface area contributed by atoms with E-state index in [-0.39, 0.29) is 51.0 Å². The highest BCUT2D eigenvalue weighted by Crippen LogP contribution is 2.36. The summed E-state index contributed by atoms with van der Waals surface area (Å²) >= 11 is 0. The molecule has 53 heavy (non-hydrogen) atoms. The SMILES string of the molecule is CCC[C@H](NC)[C@@H](OC(C)=O)[C@@H](O)OCCC[C@](C)(O)C1O[C@H]([C@H](CC)OCC[C@H](OC)[C@@H](OC(C)=O)[C@H](C)O)C(O)OC[C@H](C)[C@H](OC(C)O)[C@H]1C. The van der Waals surface area contributed by atoms with Gasteiger partial charge in [0.1, 0.15) is 6.10 Å². The number of aliphatic hydroxyl groups excluding tert-OH is 4. The van der Waals surface area contributed by atoms with E-state index in [4.69, 9.17) is 37.9 Å². The molecule has 0 amide bonds. The Morgan fingerprint density at radius 1 is 0.981 bits per heavy atom. The number of ether oxygens (including phenoxy) is 8. The fourth-order valence-corrected chi connectivity index (χ4v) is 7.02. The minimum atomic E-state index is -1.56. The molecule has 16 heteroatoms. The van der Waals surface area contributed by atoms with E-state index < -0.39 is 91.2 Å². The summed E-state index contributed by atoms with van der Waals surface area (Å²) in [6.45, 7) is 14.8. The van der Waals surface area contributed by atoms with Gasteiger partial charge in [0.25, 0.3) is 0 Å². The van der Waals surface area contributed by atoms with Crippen LogP contribution in [-0.2, 0) is 47.5 Å². The lowest BCUT2D eigenvalue weighted by atomic mass is 9.79. The standard InChI is InChI=1S/C37H71NO15/c1-12-15-27(38-10)32(52-26(8)42)35(43)48-18-14-17-37(9,45)34-22(4)30(50-24(6)40)21(3)20-49-36(44)33(53-34)28(13-2)47-19-16-29(46-11)31(23(5)39)51-25(7)41/h21-24,27-36,38-40,43-45H,12-20H2,1-11H3/t21-,22+,23-,24?,27-,28-,29-,30-,31-,32+,33+,34?,35-,36?,37-/m0/s1. The fourth-order valence-electron chi connectivity index (χ4n) is 7.02. The van der Waals surface area contributed by atoms with Crippen LogP contribution in [0.1, 0.15) is 101 Å². The molecule has 1 aliphatic heterocycles. The minimum Gasteiger partial charge on any atom is -0.457 e. The Morgan fingerprint density at radius 2 is 1.60 bits per heavy atom. The van der Waals surface area contributed by atoms with Gasteiger partial charge in [0.15, 0.2) is 31.1 Å². The summed E-state index contributed by atoms with van der Waals surface area (Å²) in [6, 6.07) is -0.337. The van der Waals surface area contributed by atoms with E-state index in [9.17, 15) is 35.1 Å². The van der Waals surface area contributed by atoms with Crippen LogP contribution in [0.5, 0.6) is 0 Å². The lowest BCUT2D eigenvalue weighted by Gasteiger charge is -2.43. The monoisotopic (exact) mass is 769 g/mol. The predicted octanol–water partition coefficient (Wildman–Crippen LogP) is 1.78. The highest BCUT2D eigenvalue weighted by atomic mass is 16.7. The number of rotatable bonds is 24. The summed E-state index contributed by atoms with van der Waals surface area (Å²) in [5.74, 6) is -1.99. The van der Waals surface area contributed by atoms with Gasteiger partial charge in [0, 0.05) is 51.9 Å². The fraction of sp³-hybridized carbons (Fsp3) is 0.946. The maximum atomic E-state index is 12.1. The molecule has 1 fully saturated rings. The van der Waals surface area contributed by atoms with E-state index in [1.807, 2.05) is 27.7 Å². The smallest absolute Gasteiger partial charge is 0.303 e. The van der Waals surface area contributed by atoms with Crippen LogP contribution in [0.2, 0.25) is 0 Å². The van der Waals surface area contributed by atoms with Gasteiger partial charge in [0.2, 0.25) is 0 Å². The second-order valence-corrected chi connectivity index (χ2v) is 14.5. The van der Waals surface area contributed by atoms with Gasteiger partial charge < -0.3 is 68.7 Å². The maximum absolute atomic E-state index is 12.1. The van der Waals surface area contributed by atoms with Crippen LogP contribution in [0.15, 0.2) is 0 Å². The Kier molecular flexibility index (Phi) is 23.2. The number of likely N-dealkylation sites (N-methyl/N-ethyl adjacent to an activating group) is 1. The Bertz CT molecular complexity index is 1020. The van der Waals surface area contributed by atoms with Gasteiger partial charge >= 0.3 is 11.9 Å². The molecule has 1 aliphatic rings. The van der Waals surface area contributed by atoms with Crippen LogP contribution >= 0.6 is 0 Å². The number of esters is 2. The van der Waals surface area contributed by atoms with Gasteiger partial charge in [0.05, 0.1) is 49.3 Å². The Labute approximate surface area is 316 Å². The molecule has 0 spiro atoms. The van der Waals surface area contributed by atoms with Gasteiger partial charge in [-0.25, -0.2) is 0 Å². The van der Waals surface area contributed by atoms with Crippen LogP contribution in [0.3, 0.4) is 0 Å². The molecule has 0 saturated carbocycles. The zero-order valence-electron chi connectivity index (χ0n) is 33.8. The molecule has 15 atom stereocenters. The third-order valence-corrected chi connectivity index (χ3v) is 9.65. The summed E-state index contributed by atoms with van der Waals surface area (Å²) in [5, 5.41) is 57.8. The summed E-state index contributed by atoms with van der Waals surface area (Å²) in [4.78, 5) is 23.5. The maximum Gasteiger partial charge on any atom is 0.303 e. The topological polar surface area (TPSA) is 221 Å². The molecule has 6 N–H and O–H groups in total. The second-order valence-electron chi connectivity index (χ2n) is 14.5. The van der Waals surface area contributed by atoms with E-state index in [1.54, 1.807) is 14.0 Å².